The third kappa shape index (κ3) is 5.06. The molecule has 0 spiro atoms. The van der Waals surface area contributed by atoms with Crippen LogP contribution in [-0.4, -0.2) is 40.0 Å². The molecule has 0 aliphatic heterocycles. The Morgan fingerprint density at radius 2 is 1.20 bits per heavy atom. The van der Waals surface area contributed by atoms with Gasteiger partial charge in [-0.05, 0) is 42.5 Å². The molecule has 9 nitrogen and oxygen atoms in total. The van der Waals surface area contributed by atoms with Gasteiger partial charge in [-0.3, -0.25) is 9.11 Å². The van der Waals surface area contributed by atoms with E-state index in [9.17, 15) is 16.8 Å². The zero-order valence-corrected chi connectivity index (χ0v) is 14.9. The van der Waals surface area contributed by atoms with Gasteiger partial charge in [0.1, 0.15) is 0 Å². The van der Waals surface area contributed by atoms with Gasteiger partial charge in [0.2, 0.25) is 0 Å². The predicted molar refractivity (Wildman–Crippen MR) is 91.0 cm³/mol. The third-order valence-corrected chi connectivity index (χ3v) is 4.77. The lowest BCUT2D eigenvalue weighted by Crippen LogP contribution is -2.07. The van der Waals surface area contributed by atoms with Crippen molar-refractivity contribution in [1.82, 2.24) is 0 Å². The number of rotatable bonds is 5. The highest BCUT2D eigenvalue weighted by Gasteiger charge is 2.18. The summed E-state index contributed by atoms with van der Waals surface area (Å²) in [6, 6.07) is 9.38. The van der Waals surface area contributed by atoms with E-state index >= 15 is 0 Å². The lowest BCUT2D eigenvalue weighted by molar-refractivity contribution is 0.481. The lowest BCUT2D eigenvalue weighted by atomic mass is 10.3. The summed E-state index contributed by atoms with van der Waals surface area (Å²) in [5.74, 6) is 0. The van der Waals surface area contributed by atoms with Crippen molar-refractivity contribution >= 4 is 37.3 Å². The average molecular weight is 385 g/mol. The van der Waals surface area contributed by atoms with Gasteiger partial charge in [-0.1, -0.05) is 0 Å². The molecule has 0 unspecified atom stereocenters. The highest BCUT2D eigenvalue weighted by Crippen LogP contribution is 2.26. The summed E-state index contributed by atoms with van der Waals surface area (Å²) in [6.07, 6.45) is 0. The Kier molecular flexibility index (Phi) is 5.23. The van der Waals surface area contributed by atoms with Crippen molar-refractivity contribution < 1.29 is 25.9 Å². The fraction of sp³-hybridized carbons (Fsp3) is 0.143. The second kappa shape index (κ2) is 6.88. The van der Waals surface area contributed by atoms with Crippen LogP contribution in [0.5, 0.6) is 0 Å². The van der Waals surface area contributed by atoms with Crippen molar-refractivity contribution in [3.05, 3.63) is 42.5 Å². The molecule has 0 aliphatic carbocycles. The maximum atomic E-state index is 11.2. The first-order chi connectivity index (χ1) is 11.5. The van der Waals surface area contributed by atoms with Gasteiger partial charge in [-0.15, -0.1) is 0 Å². The summed E-state index contributed by atoms with van der Waals surface area (Å²) >= 11 is 0. The zero-order chi connectivity index (χ0) is 18.8. The van der Waals surface area contributed by atoms with Crippen molar-refractivity contribution in [3.63, 3.8) is 0 Å². The Labute approximate surface area is 145 Å². The summed E-state index contributed by atoms with van der Waals surface area (Å²) in [6.45, 7) is 0. The predicted octanol–water partition coefficient (Wildman–Crippen LogP) is 2.66. The molecule has 0 saturated heterocycles. The van der Waals surface area contributed by atoms with Crippen molar-refractivity contribution in [2.75, 3.05) is 19.0 Å². The smallest absolute Gasteiger partial charge is 0.294 e. The average Bonchev–Trinajstić information content (AvgIpc) is 2.51. The fourth-order valence-electron chi connectivity index (χ4n) is 1.85. The summed E-state index contributed by atoms with van der Waals surface area (Å²) in [5.41, 5.74) is 1.21. The molecule has 134 valence electrons. The molecule has 0 saturated carbocycles. The largest absolute Gasteiger partial charge is 0.378 e. The summed E-state index contributed by atoms with van der Waals surface area (Å²) in [7, 11) is -5.64. The van der Waals surface area contributed by atoms with Crippen molar-refractivity contribution in [1.29, 1.82) is 0 Å². The molecule has 0 radical (unpaired) electrons. The van der Waals surface area contributed by atoms with Crippen LogP contribution in [0.4, 0.5) is 17.1 Å². The number of hydrogen-bond donors (Lipinski definition) is 2. The highest BCUT2D eigenvalue weighted by molar-refractivity contribution is 7.86. The van der Waals surface area contributed by atoms with Gasteiger partial charge in [0.05, 0.1) is 21.2 Å². The van der Waals surface area contributed by atoms with Gasteiger partial charge < -0.3 is 4.90 Å². The molecule has 0 heterocycles. The third-order valence-electron chi connectivity index (χ3n) is 3.11. The zero-order valence-electron chi connectivity index (χ0n) is 13.2. The lowest BCUT2D eigenvalue weighted by Gasteiger charge is -2.11. The number of anilines is 1. The first-order valence-corrected chi connectivity index (χ1v) is 9.64. The Morgan fingerprint density at radius 3 is 1.60 bits per heavy atom. The van der Waals surface area contributed by atoms with Crippen LogP contribution in [0.15, 0.2) is 62.5 Å². The molecule has 2 rings (SSSR count). The molecule has 0 bridgehead atoms. The SMILES string of the molecule is CN(C)c1ccc(N=Nc2cc(S(=O)(=O)O)cc(S(=O)(=O)O)c2)cc1. The molecule has 2 aromatic rings. The monoisotopic (exact) mass is 385 g/mol. The normalized spacial score (nSPS) is 12.5. The van der Waals surface area contributed by atoms with Crippen LogP contribution in [0.3, 0.4) is 0 Å². The van der Waals surface area contributed by atoms with Crippen LogP contribution in [-0.2, 0) is 20.2 Å². The first kappa shape index (κ1) is 19.0. The Hall–Kier alpha value is -2.34. The van der Waals surface area contributed by atoms with Crippen LogP contribution < -0.4 is 4.90 Å². The molecule has 2 N–H and O–H groups in total. The van der Waals surface area contributed by atoms with Gasteiger partial charge >= 0.3 is 0 Å². The molecule has 0 amide bonds. The van der Waals surface area contributed by atoms with Gasteiger partial charge in [-0.2, -0.15) is 27.1 Å². The maximum Gasteiger partial charge on any atom is 0.294 e. The number of hydrogen-bond acceptors (Lipinski definition) is 7. The van der Waals surface area contributed by atoms with Gasteiger partial charge in [-0.25, -0.2) is 0 Å². The molecule has 0 atom stereocenters. The summed E-state index contributed by atoms with van der Waals surface area (Å²) in [4.78, 5) is 0.439. The van der Waals surface area contributed by atoms with E-state index in [1.54, 1.807) is 24.3 Å². The maximum absolute atomic E-state index is 11.2. The van der Waals surface area contributed by atoms with E-state index < -0.39 is 30.0 Å². The molecule has 0 aliphatic rings. The van der Waals surface area contributed by atoms with Crippen LogP contribution in [0, 0.1) is 0 Å². The minimum atomic E-state index is -4.69. The van der Waals surface area contributed by atoms with E-state index in [1.807, 2.05) is 19.0 Å². The van der Waals surface area contributed by atoms with E-state index in [1.165, 1.54) is 0 Å². The summed E-state index contributed by atoms with van der Waals surface area (Å²) < 4.78 is 63.1. The Bertz CT molecular complexity index is 963. The van der Waals surface area contributed by atoms with Crippen LogP contribution >= 0.6 is 0 Å². The molecule has 11 heteroatoms. The molecular formula is C14H15N3O6S2. The quantitative estimate of drug-likeness (QED) is 0.596. The topological polar surface area (TPSA) is 137 Å². The van der Waals surface area contributed by atoms with Crippen molar-refractivity contribution in [3.8, 4) is 0 Å². The molecule has 25 heavy (non-hydrogen) atoms. The molecule has 2 aromatic carbocycles. The second-order valence-electron chi connectivity index (χ2n) is 5.22. The first-order valence-electron chi connectivity index (χ1n) is 6.76. The minimum absolute atomic E-state index is 0.167. The van der Waals surface area contributed by atoms with Crippen LogP contribution in [0.25, 0.3) is 0 Å². The number of azo groups is 1. The van der Waals surface area contributed by atoms with Crippen molar-refractivity contribution in [2.45, 2.75) is 9.79 Å². The highest BCUT2D eigenvalue weighted by atomic mass is 32.2. The standard InChI is InChI=1S/C14H15N3O6S2/c1-17(2)12-5-3-10(4-6-12)15-16-11-7-13(24(18,19)20)9-14(8-11)25(21,22)23/h3-9H,1-2H3,(H,18,19,20)(H,21,22,23). The fourth-order valence-corrected chi connectivity index (χ4v) is 3.01. The molecular weight excluding hydrogens is 370 g/mol. The minimum Gasteiger partial charge on any atom is -0.378 e. The molecule has 0 fully saturated rings. The van der Waals surface area contributed by atoms with E-state index in [0.29, 0.717) is 11.8 Å². The number of nitrogens with zero attached hydrogens (tertiary/aromatic N) is 3. The van der Waals surface area contributed by atoms with E-state index in [-0.39, 0.29) is 5.69 Å². The Morgan fingerprint density at radius 1 is 0.760 bits per heavy atom. The van der Waals surface area contributed by atoms with Crippen molar-refractivity contribution in [2.24, 2.45) is 10.2 Å². The summed E-state index contributed by atoms with van der Waals surface area (Å²) in [5, 5.41) is 7.64. The Balaban J connectivity index is 2.44. The van der Waals surface area contributed by atoms with Gasteiger partial charge in [0.25, 0.3) is 20.2 Å². The number of benzene rings is 2. The molecule has 0 aromatic heterocycles. The van der Waals surface area contributed by atoms with Gasteiger partial charge in [0, 0.05) is 19.8 Å². The van der Waals surface area contributed by atoms with Gasteiger partial charge in [0.15, 0.2) is 0 Å². The second-order valence-corrected chi connectivity index (χ2v) is 8.07. The van der Waals surface area contributed by atoms with Crippen LogP contribution in [0.1, 0.15) is 0 Å². The van der Waals surface area contributed by atoms with E-state index in [2.05, 4.69) is 10.2 Å². The van der Waals surface area contributed by atoms with E-state index in [0.717, 1.165) is 17.8 Å². The van der Waals surface area contributed by atoms with Crippen LogP contribution in [0.2, 0.25) is 0 Å². The van der Waals surface area contributed by atoms with E-state index in [4.69, 9.17) is 9.11 Å².